The fourth-order valence-corrected chi connectivity index (χ4v) is 3.70. The van der Waals surface area contributed by atoms with E-state index in [-0.39, 0.29) is 24.0 Å². The molecule has 0 aliphatic heterocycles. The predicted molar refractivity (Wildman–Crippen MR) is 128 cm³/mol. The van der Waals surface area contributed by atoms with Crippen molar-refractivity contribution in [2.24, 2.45) is 11.7 Å². The highest BCUT2D eigenvalue weighted by Gasteiger charge is 2.33. The summed E-state index contributed by atoms with van der Waals surface area (Å²) in [5.41, 5.74) is 6.87. The number of ether oxygens (including phenoxy) is 3. The number of carbonyl (C=O) groups is 3. The van der Waals surface area contributed by atoms with Crippen LogP contribution in [-0.4, -0.2) is 42.1 Å². The molecule has 0 saturated heterocycles. The Bertz CT molecular complexity index is 850. The lowest BCUT2D eigenvalue weighted by molar-refractivity contribution is -0.189. The molecule has 1 aliphatic carbocycles. The van der Waals surface area contributed by atoms with E-state index in [0.717, 1.165) is 12.8 Å². The summed E-state index contributed by atoms with van der Waals surface area (Å²) in [6.07, 6.45) is 2.59. The minimum absolute atomic E-state index is 0.00317. The standard InChI is InChI=1S/C26H38N2O6/c1-6-20(7-2)32-22-15-19(13-14-21(22)28-17(5)29)24(30)33-26(18-11-9-8-10-12-18)34-25(31)23(27)16(3)4/h8-12,15-16,20-23,26H,6-7,13-14,27H2,1-5H3,(H,28,29)/t21-,22-,23-,26?/m1/s1. The largest absolute Gasteiger partial charge is 0.419 e. The summed E-state index contributed by atoms with van der Waals surface area (Å²) in [7, 11) is 0. The second-order valence-electron chi connectivity index (χ2n) is 8.93. The maximum atomic E-state index is 13.1. The van der Waals surface area contributed by atoms with Crippen LogP contribution in [0.2, 0.25) is 0 Å². The van der Waals surface area contributed by atoms with Gasteiger partial charge in [0.2, 0.25) is 5.91 Å². The third-order valence-corrected chi connectivity index (χ3v) is 5.90. The molecule has 1 unspecified atom stereocenters. The van der Waals surface area contributed by atoms with E-state index in [9.17, 15) is 14.4 Å². The van der Waals surface area contributed by atoms with Crippen LogP contribution in [0.5, 0.6) is 0 Å². The summed E-state index contributed by atoms with van der Waals surface area (Å²) in [5, 5.41) is 2.92. The van der Waals surface area contributed by atoms with E-state index in [2.05, 4.69) is 5.32 Å². The SMILES string of the molecule is CCC(CC)O[C@@H]1C=C(C(=O)OC(OC(=O)[C@H](N)C(C)C)c2ccccc2)CC[C@H]1NC(C)=O. The fourth-order valence-electron chi connectivity index (χ4n) is 3.70. The first-order valence-corrected chi connectivity index (χ1v) is 12.0. The fraction of sp³-hybridized carbons (Fsp3) is 0.577. The zero-order valence-electron chi connectivity index (χ0n) is 20.8. The van der Waals surface area contributed by atoms with Gasteiger partial charge in [-0.3, -0.25) is 9.59 Å². The molecular formula is C26H38N2O6. The van der Waals surface area contributed by atoms with Crippen molar-refractivity contribution in [2.75, 3.05) is 0 Å². The number of amides is 1. The Morgan fingerprint density at radius 1 is 1.09 bits per heavy atom. The van der Waals surface area contributed by atoms with Crippen LogP contribution >= 0.6 is 0 Å². The van der Waals surface area contributed by atoms with Gasteiger partial charge >= 0.3 is 11.9 Å². The summed E-state index contributed by atoms with van der Waals surface area (Å²) >= 11 is 0. The molecule has 1 amide bonds. The second-order valence-corrected chi connectivity index (χ2v) is 8.93. The lowest BCUT2D eigenvalue weighted by atomic mass is 9.92. The molecule has 0 heterocycles. The van der Waals surface area contributed by atoms with Gasteiger partial charge < -0.3 is 25.3 Å². The van der Waals surface area contributed by atoms with Crippen LogP contribution in [0, 0.1) is 5.92 Å². The topological polar surface area (TPSA) is 117 Å². The zero-order valence-corrected chi connectivity index (χ0v) is 20.8. The normalized spacial score (nSPS) is 19.8. The van der Waals surface area contributed by atoms with E-state index in [0.29, 0.717) is 24.0 Å². The minimum atomic E-state index is -1.22. The Morgan fingerprint density at radius 3 is 2.29 bits per heavy atom. The van der Waals surface area contributed by atoms with Crippen molar-refractivity contribution in [3.63, 3.8) is 0 Å². The van der Waals surface area contributed by atoms with Gasteiger partial charge in [-0.1, -0.05) is 58.0 Å². The number of esters is 2. The van der Waals surface area contributed by atoms with E-state index in [1.165, 1.54) is 6.92 Å². The highest BCUT2D eigenvalue weighted by atomic mass is 16.7. The smallest absolute Gasteiger partial charge is 0.337 e. The molecule has 0 aromatic heterocycles. The van der Waals surface area contributed by atoms with E-state index < -0.39 is 30.4 Å². The van der Waals surface area contributed by atoms with Gasteiger partial charge in [0.25, 0.3) is 6.29 Å². The molecule has 3 N–H and O–H groups in total. The van der Waals surface area contributed by atoms with Gasteiger partial charge in [0.15, 0.2) is 0 Å². The molecule has 1 aromatic rings. The van der Waals surface area contributed by atoms with E-state index >= 15 is 0 Å². The van der Waals surface area contributed by atoms with Crippen molar-refractivity contribution in [3.05, 3.63) is 47.5 Å². The van der Waals surface area contributed by atoms with Crippen LogP contribution in [0.15, 0.2) is 42.0 Å². The Hall–Kier alpha value is -2.71. The van der Waals surface area contributed by atoms with Gasteiger partial charge in [-0.05, 0) is 37.7 Å². The Balaban J connectivity index is 2.24. The van der Waals surface area contributed by atoms with Crippen molar-refractivity contribution < 1.29 is 28.6 Å². The minimum Gasteiger partial charge on any atom is -0.419 e. The van der Waals surface area contributed by atoms with Crippen molar-refractivity contribution >= 4 is 17.8 Å². The number of benzene rings is 1. The number of nitrogens with two attached hydrogens (primary N) is 1. The highest BCUT2D eigenvalue weighted by molar-refractivity contribution is 5.89. The average molecular weight is 475 g/mol. The van der Waals surface area contributed by atoms with Crippen LogP contribution in [-0.2, 0) is 28.6 Å². The van der Waals surface area contributed by atoms with Crippen molar-refractivity contribution in [1.82, 2.24) is 5.32 Å². The zero-order chi connectivity index (χ0) is 25.3. The highest BCUT2D eigenvalue weighted by Crippen LogP contribution is 2.27. The molecule has 0 fully saturated rings. The van der Waals surface area contributed by atoms with Crippen LogP contribution in [0.1, 0.15) is 72.2 Å². The maximum Gasteiger partial charge on any atom is 0.337 e. The average Bonchev–Trinajstić information content (AvgIpc) is 2.82. The molecule has 34 heavy (non-hydrogen) atoms. The van der Waals surface area contributed by atoms with Gasteiger partial charge in [0.1, 0.15) is 6.04 Å². The van der Waals surface area contributed by atoms with E-state index in [4.69, 9.17) is 19.9 Å². The Kier molecular flexibility index (Phi) is 10.7. The maximum absolute atomic E-state index is 13.1. The summed E-state index contributed by atoms with van der Waals surface area (Å²) in [6, 6.07) is 7.71. The van der Waals surface area contributed by atoms with Gasteiger partial charge in [0.05, 0.1) is 18.2 Å². The monoisotopic (exact) mass is 474 g/mol. The number of hydrogen-bond donors (Lipinski definition) is 2. The molecule has 1 aromatic carbocycles. The van der Waals surface area contributed by atoms with E-state index in [1.807, 2.05) is 33.8 Å². The molecule has 0 radical (unpaired) electrons. The van der Waals surface area contributed by atoms with Crippen LogP contribution in [0.3, 0.4) is 0 Å². The molecule has 4 atom stereocenters. The number of hydrogen-bond acceptors (Lipinski definition) is 7. The number of carbonyl (C=O) groups excluding carboxylic acids is 3. The lowest BCUT2D eigenvalue weighted by Gasteiger charge is -2.33. The summed E-state index contributed by atoms with van der Waals surface area (Å²) in [4.78, 5) is 37.3. The molecule has 188 valence electrons. The first-order valence-electron chi connectivity index (χ1n) is 12.0. The van der Waals surface area contributed by atoms with Crippen LogP contribution in [0.4, 0.5) is 0 Å². The van der Waals surface area contributed by atoms with Gasteiger partial charge in [-0.2, -0.15) is 0 Å². The molecule has 0 spiro atoms. The summed E-state index contributed by atoms with van der Waals surface area (Å²) in [5.74, 6) is -1.52. The third kappa shape index (κ3) is 7.95. The third-order valence-electron chi connectivity index (χ3n) is 5.90. The molecule has 0 saturated carbocycles. The first-order chi connectivity index (χ1) is 16.2. The van der Waals surface area contributed by atoms with Gasteiger partial charge in [0, 0.05) is 18.1 Å². The molecule has 1 aliphatic rings. The van der Waals surface area contributed by atoms with Crippen LogP contribution < -0.4 is 11.1 Å². The van der Waals surface area contributed by atoms with Crippen molar-refractivity contribution in [3.8, 4) is 0 Å². The van der Waals surface area contributed by atoms with Gasteiger partial charge in [-0.15, -0.1) is 0 Å². The molecule has 2 rings (SSSR count). The molecule has 8 heteroatoms. The molecular weight excluding hydrogens is 436 g/mol. The van der Waals surface area contributed by atoms with Crippen molar-refractivity contribution in [2.45, 2.75) is 90.9 Å². The lowest BCUT2D eigenvalue weighted by Crippen LogP contribution is -2.46. The molecule has 8 nitrogen and oxygen atoms in total. The number of nitrogens with one attached hydrogen (secondary N) is 1. The number of rotatable bonds is 11. The van der Waals surface area contributed by atoms with Crippen molar-refractivity contribution in [1.29, 1.82) is 0 Å². The summed E-state index contributed by atoms with van der Waals surface area (Å²) in [6.45, 7) is 9.15. The first kappa shape index (κ1) is 27.5. The second kappa shape index (κ2) is 13.2. The molecule has 0 bridgehead atoms. The van der Waals surface area contributed by atoms with E-state index in [1.54, 1.807) is 30.3 Å². The Morgan fingerprint density at radius 2 is 1.74 bits per heavy atom. The predicted octanol–water partition coefficient (Wildman–Crippen LogP) is 3.55. The van der Waals surface area contributed by atoms with Crippen LogP contribution in [0.25, 0.3) is 0 Å². The Labute approximate surface area is 202 Å². The summed E-state index contributed by atoms with van der Waals surface area (Å²) < 4.78 is 17.3. The quantitative estimate of drug-likeness (QED) is 0.372. The van der Waals surface area contributed by atoms with Gasteiger partial charge in [-0.25, -0.2) is 4.79 Å².